The predicted molar refractivity (Wildman–Crippen MR) is 39.2 cm³/mol. The molecule has 0 spiro atoms. The molecule has 0 atom stereocenters. The summed E-state index contributed by atoms with van der Waals surface area (Å²) in [5.41, 5.74) is 1.28. The fourth-order valence-electron chi connectivity index (χ4n) is 1.09. The van der Waals surface area contributed by atoms with Crippen molar-refractivity contribution >= 4 is 0 Å². The Bertz CT molecular complexity index is 127. The zero-order valence-electron chi connectivity index (χ0n) is 6.12. The maximum atomic E-state index is 3.84. The molecule has 0 aliphatic carbocycles. The number of nitrogens with one attached hydrogen (secondary N) is 2. The summed E-state index contributed by atoms with van der Waals surface area (Å²) in [6.07, 6.45) is 0. The van der Waals surface area contributed by atoms with Crippen LogP contribution in [0.5, 0.6) is 0 Å². The molecular weight excluding hydrogens is 112 g/mol. The molecule has 52 valence electrons. The molecule has 1 heterocycles. The molecule has 0 saturated carbocycles. The molecule has 1 aliphatic heterocycles. The third-order valence-corrected chi connectivity index (χ3v) is 1.42. The van der Waals surface area contributed by atoms with Gasteiger partial charge >= 0.3 is 0 Å². The van der Waals surface area contributed by atoms with E-state index in [1.165, 1.54) is 0 Å². The Morgan fingerprint density at radius 1 is 1.56 bits per heavy atom. The van der Waals surface area contributed by atoms with Crippen molar-refractivity contribution in [3.05, 3.63) is 12.3 Å². The molecule has 0 aromatic rings. The molecule has 1 rings (SSSR count). The number of piperazine rings is 1. The lowest BCUT2D eigenvalue weighted by Crippen LogP contribution is -2.53. The van der Waals surface area contributed by atoms with Crippen LogP contribution < -0.4 is 10.6 Å². The van der Waals surface area contributed by atoms with Gasteiger partial charge in [0.1, 0.15) is 0 Å². The van der Waals surface area contributed by atoms with Gasteiger partial charge in [-0.3, -0.25) is 0 Å². The highest BCUT2D eigenvalue weighted by Crippen LogP contribution is 2.06. The van der Waals surface area contributed by atoms with Crippen LogP contribution in [0.2, 0.25) is 0 Å². The van der Waals surface area contributed by atoms with Gasteiger partial charge in [0, 0.05) is 24.3 Å². The van der Waals surface area contributed by atoms with Gasteiger partial charge in [-0.2, -0.15) is 0 Å². The minimum Gasteiger partial charge on any atom is -0.382 e. The van der Waals surface area contributed by atoms with Crippen LogP contribution in [0.4, 0.5) is 0 Å². The van der Waals surface area contributed by atoms with Gasteiger partial charge in [-0.25, -0.2) is 0 Å². The topological polar surface area (TPSA) is 24.1 Å². The normalized spacial score (nSPS) is 25.3. The molecule has 0 aromatic heterocycles. The Hall–Kier alpha value is -0.500. The maximum Gasteiger partial charge on any atom is 0.0439 e. The first-order valence-electron chi connectivity index (χ1n) is 3.27. The zero-order valence-corrected chi connectivity index (χ0v) is 6.12. The third-order valence-electron chi connectivity index (χ3n) is 1.42. The van der Waals surface area contributed by atoms with Crippen molar-refractivity contribution < 1.29 is 0 Å². The van der Waals surface area contributed by atoms with Gasteiger partial charge in [0.15, 0.2) is 0 Å². The summed E-state index contributed by atoms with van der Waals surface area (Å²) in [4.78, 5) is 0. The van der Waals surface area contributed by atoms with Gasteiger partial charge in [-0.15, -0.1) is 0 Å². The van der Waals surface area contributed by atoms with Crippen molar-refractivity contribution in [2.75, 3.05) is 13.1 Å². The Morgan fingerprint density at radius 2 is 2.22 bits per heavy atom. The van der Waals surface area contributed by atoms with Crippen molar-refractivity contribution in [2.45, 2.75) is 19.4 Å². The molecule has 0 aromatic carbocycles. The van der Waals surface area contributed by atoms with Crippen molar-refractivity contribution in [1.29, 1.82) is 0 Å². The Kier molecular flexibility index (Phi) is 1.49. The van der Waals surface area contributed by atoms with Gasteiger partial charge in [0.05, 0.1) is 0 Å². The minimum absolute atomic E-state index is 0.190. The summed E-state index contributed by atoms with van der Waals surface area (Å²) in [7, 11) is 0. The van der Waals surface area contributed by atoms with E-state index < -0.39 is 0 Å². The van der Waals surface area contributed by atoms with E-state index >= 15 is 0 Å². The second-order valence-electron chi connectivity index (χ2n) is 3.22. The summed E-state index contributed by atoms with van der Waals surface area (Å²) in [6.45, 7) is 10.1. The molecule has 2 N–H and O–H groups in total. The highest BCUT2D eigenvalue weighted by Gasteiger charge is 2.20. The van der Waals surface area contributed by atoms with Crippen molar-refractivity contribution in [2.24, 2.45) is 0 Å². The monoisotopic (exact) mass is 126 g/mol. The first kappa shape index (κ1) is 6.62. The van der Waals surface area contributed by atoms with Crippen LogP contribution in [-0.4, -0.2) is 18.6 Å². The van der Waals surface area contributed by atoms with Crippen molar-refractivity contribution in [1.82, 2.24) is 10.6 Å². The Labute approximate surface area is 56.3 Å². The second-order valence-corrected chi connectivity index (χ2v) is 3.22. The molecule has 1 aliphatic rings. The second kappa shape index (κ2) is 2.03. The number of rotatable bonds is 0. The Balaban J connectivity index is 2.51. The van der Waals surface area contributed by atoms with E-state index in [-0.39, 0.29) is 5.54 Å². The van der Waals surface area contributed by atoms with E-state index in [9.17, 15) is 0 Å². The highest BCUT2D eigenvalue weighted by molar-refractivity contribution is 5.04. The van der Waals surface area contributed by atoms with Crippen LogP contribution in [0.1, 0.15) is 13.8 Å². The van der Waals surface area contributed by atoms with Crippen molar-refractivity contribution in [3.8, 4) is 0 Å². The summed E-state index contributed by atoms with van der Waals surface area (Å²) >= 11 is 0. The summed E-state index contributed by atoms with van der Waals surface area (Å²) in [5.74, 6) is 0. The summed E-state index contributed by atoms with van der Waals surface area (Å²) in [6, 6.07) is 0. The van der Waals surface area contributed by atoms with E-state index in [1.807, 2.05) is 0 Å². The van der Waals surface area contributed by atoms with Crippen LogP contribution in [0.25, 0.3) is 0 Å². The largest absolute Gasteiger partial charge is 0.382 e. The summed E-state index contributed by atoms with van der Waals surface area (Å²) in [5, 5.41) is 6.56. The van der Waals surface area contributed by atoms with Gasteiger partial charge in [-0.1, -0.05) is 6.58 Å². The van der Waals surface area contributed by atoms with Crippen LogP contribution in [0.3, 0.4) is 0 Å². The van der Waals surface area contributed by atoms with E-state index in [0.29, 0.717) is 0 Å². The van der Waals surface area contributed by atoms with Crippen molar-refractivity contribution in [3.63, 3.8) is 0 Å². The third kappa shape index (κ3) is 1.72. The van der Waals surface area contributed by atoms with E-state index in [2.05, 4.69) is 31.1 Å². The molecule has 1 saturated heterocycles. The molecule has 1 fully saturated rings. The summed E-state index contributed by atoms with van der Waals surface area (Å²) < 4.78 is 0. The quantitative estimate of drug-likeness (QED) is 0.493. The van der Waals surface area contributed by atoms with Crippen LogP contribution in [0.15, 0.2) is 12.3 Å². The fourth-order valence-corrected chi connectivity index (χ4v) is 1.09. The van der Waals surface area contributed by atoms with E-state index in [4.69, 9.17) is 0 Å². The SMILES string of the molecule is C=C1CNCC(C)(C)N1. The smallest absolute Gasteiger partial charge is 0.0439 e. The zero-order chi connectivity index (χ0) is 6.91. The maximum absolute atomic E-state index is 3.84. The van der Waals surface area contributed by atoms with Gasteiger partial charge in [-0.05, 0) is 13.8 Å². The first-order chi connectivity index (χ1) is 4.10. The van der Waals surface area contributed by atoms with Gasteiger partial charge in [0.2, 0.25) is 0 Å². The van der Waals surface area contributed by atoms with Crippen LogP contribution in [-0.2, 0) is 0 Å². The molecule has 0 bridgehead atoms. The Morgan fingerprint density at radius 3 is 2.56 bits per heavy atom. The lowest BCUT2D eigenvalue weighted by molar-refractivity contribution is 0.362. The molecule has 0 amide bonds. The predicted octanol–water partition coefficient (Wildman–Crippen LogP) is 0.471. The highest BCUT2D eigenvalue weighted by atomic mass is 15.1. The van der Waals surface area contributed by atoms with E-state index in [0.717, 1.165) is 18.8 Å². The van der Waals surface area contributed by atoms with Gasteiger partial charge in [0.25, 0.3) is 0 Å². The molecule has 9 heavy (non-hydrogen) atoms. The molecular formula is C7H14N2. The average Bonchev–Trinajstić information content (AvgIpc) is 1.60. The minimum atomic E-state index is 0.190. The molecule has 2 nitrogen and oxygen atoms in total. The lowest BCUT2D eigenvalue weighted by Gasteiger charge is -2.33. The first-order valence-corrected chi connectivity index (χ1v) is 3.27. The fraction of sp³-hybridized carbons (Fsp3) is 0.714. The standard InChI is InChI=1S/C7H14N2/c1-6-4-8-5-7(2,3)9-6/h8-9H,1,4-5H2,2-3H3. The van der Waals surface area contributed by atoms with E-state index in [1.54, 1.807) is 0 Å². The number of hydrogen-bond acceptors (Lipinski definition) is 2. The van der Waals surface area contributed by atoms with Crippen LogP contribution >= 0.6 is 0 Å². The van der Waals surface area contributed by atoms with Crippen LogP contribution in [0, 0.1) is 0 Å². The molecule has 0 unspecified atom stereocenters. The lowest BCUT2D eigenvalue weighted by atomic mass is 10.0. The molecule has 0 radical (unpaired) electrons. The number of hydrogen-bond donors (Lipinski definition) is 2. The average molecular weight is 126 g/mol. The van der Waals surface area contributed by atoms with Gasteiger partial charge < -0.3 is 10.6 Å². The molecule has 2 heteroatoms.